The van der Waals surface area contributed by atoms with Gasteiger partial charge in [-0.05, 0) is 73.5 Å². The van der Waals surface area contributed by atoms with E-state index in [1.807, 2.05) is 22.6 Å². The van der Waals surface area contributed by atoms with E-state index in [2.05, 4.69) is 0 Å². The van der Waals surface area contributed by atoms with Crippen molar-refractivity contribution in [3.63, 3.8) is 0 Å². The number of carbonyl (C=O) groups excluding carboxylic acids is 1. The minimum absolute atomic E-state index is 0.0858. The minimum atomic E-state index is -4.37. The van der Waals surface area contributed by atoms with Crippen LogP contribution in [0.15, 0.2) is 30.4 Å². The smallest absolute Gasteiger partial charge is 0.416 e. The van der Waals surface area contributed by atoms with E-state index >= 15 is 0 Å². The van der Waals surface area contributed by atoms with Crippen molar-refractivity contribution < 1.29 is 27.4 Å². The molecule has 134 valence electrons. The first-order valence-electron chi connectivity index (χ1n) is 7.32. The van der Waals surface area contributed by atoms with E-state index in [1.165, 1.54) is 12.1 Å². The summed E-state index contributed by atoms with van der Waals surface area (Å²) >= 11 is 1.97. The molecule has 1 rings (SSSR count). The summed E-state index contributed by atoms with van der Waals surface area (Å²) < 4.78 is 49.2. The summed E-state index contributed by atoms with van der Waals surface area (Å²) in [7, 11) is 0. The van der Waals surface area contributed by atoms with Gasteiger partial charge in [-0.3, -0.25) is 0 Å². The number of ether oxygens (including phenoxy) is 2. The maximum Gasteiger partial charge on any atom is 0.416 e. The number of esters is 1. The Labute approximate surface area is 153 Å². The van der Waals surface area contributed by atoms with Crippen LogP contribution in [0.1, 0.15) is 38.3 Å². The summed E-state index contributed by atoms with van der Waals surface area (Å²) in [6.45, 7) is 5.71. The zero-order valence-electron chi connectivity index (χ0n) is 13.7. The van der Waals surface area contributed by atoms with Crippen LogP contribution in [0, 0.1) is 3.57 Å². The van der Waals surface area contributed by atoms with Crippen molar-refractivity contribution in [1.29, 1.82) is 0 Å². The molecule has 0 aliphatic carbocycles. The maximum atomic E-state index is 12.7. The Balaban J connectivity index is 2.42. The summed E-state index contributed by atoms with van der Waals surface area (Å²) in [5, 5.41) is 0. The van der Waals surface area contributed by atoms with Crippen LogP contribution in [0.2, 0.25) is 0 Å². The van der Waals surface area contributed by atoms with Crippen molar-refractivity contribution in [2.24, 2.45) is 0 Å². The van der Waals surface area contributed by atoms with Gasteiger partial charge in [-0.15, -0.1) is 0 Å². The lowest BCUT2D eigenvalue weighted by atomic mass is 10.1. The van der Waals surface area contributed by atoms with Crippen LogP contribution in [-0.2, 0) is 27.1 Å². The van der Waals surface area contributed by atoms with Crippen LogP contribution in [0.5, 0.6) is 0 Å². The standard InChI is InChI=1S/C17H20F3IO3/c1-16(2,3)24-15(22)6-4-5-9-23-11-12-10-13(17(18,19)20)7-8-14(12)21/h4,6-8,10H,5,9,11H2,1-3H3. The Bertz CT molecular complexity index is 590. The van der Waals surface area contributed by atoms with Crippen molar-refractivity contribution in [3.05, 3.63) is 45.0 Å². The van der Waals surface area contributed by atoms with Crippen molar-refractivity contribution >= 4 is 28.6 Å². The summed E-state index contributed by atoms with van der Waals surface area (Å²) in [5.41, 5.74) is -0.745. The number of benzene rings is 1. The van der Waals surface area contributed by atoms with Gasteiger partial charge in [-0.1, -0.05) is 6.08 Å². The SMILES string of the molecule is CC(C)(C)OC(=O)C=CCCOCc1cc(C(F)(F)F)ccc1I. The number of hydrogen-bond acceptors (Lipinski definition) is 3. The highest BCUT2D eigenvalue weighted by Gasteiger charge is 2.30. The van der Waals surface area contributed by atoms with Crippen LogP contribution in [0.3, 0.4) is 0 Å². The fourth-order valence-electron chi connectivity index (χ4n) is 1.71. The van der Waals surface area contributed by atoms with E-state index < -0.39 is 23.3 Å². The summed E-state index contributed by atoms with van der Waals surface area (Å²) in [4.78, 5) is 11.4. The third kappa shape index (κ3) is 8.14. The van der Waals surface area contributed by atoms with E-state index in [1.54, 1.807) is 26.8 Å². The largest absolute Gasteiger partial charge is 0.457 e. The number of carbonyl (C=O) groups is 1. The molecule has 0 radical (unpaired) electrons. The van der Waals surface area contributed by atoms with Gasteiger partial charge in [-0.2, -0.15) is 13.2 Å². The second-order valence-corrected chi connectivity index (χ2v) is 7.24. The highest BCUT2D eigenvalue weighted by molar-refractivity contribution is 14.1. The van der Waals surface area contributed by atoms with Crippen molar-refractivity contribution in [2.75, 3.05) is 6.61 Å². The predicted molar refractivity (Wildman–Crippen MR) is 93.4 cm³/mol. The fourth-order valence-corrected chi connectivity index (χ4v) is 2.20. The van der Waals surface area contributed by atoms with Crippen LogP contribution in [-0.4, -0.2) is 18.2 Å². The number of halogens is 4. The van der Waals surface area contributed by atoms with Crippen LogP contribution in [0.25, 0.3) is 0 Å². The van der Waals surface area contributed by atoms with Crippen LogP contribution >= 0.6 is 22.6 Å². The molecule has 0 aromatic heterocycles. The lowest BCUT2D eigenvalue weighted by Gasteiger charge is -2.17. The first kappa shape index (κ1) is 21.0. The molecular weight excluding hydrogens is 436 g/mol. The molecule has 0 bridgehead atoms. The Morgan fingerprint density at radius 2 is 1.92 bits per heavy atom. The monoisotopic (exact) mass is 456 g/mol. The average Bonchev–Trinajstić information content (AvgIpc) is 2.41. The van der Waals surface area contributed by atoms with Gasteiger partial charge in [0.1, 0.15) is 5.60 Å². The Morgan fingerprint density at radius 1 is 1.25 bits per heavy atom. The molecule has 1 aromatic carbocycles. The quantitative estimate of drug-likeness (QED) is 0.258. The molecule has 0 aliphatic rings. The Morgan fingerprint density at radius 3 is 2.50 bits per heavy atom. The van der Waals surface area contributed by atoms with Gasteiger partial charge in [0.25, 0.3) is 0 Å². The fraction of sp³-hybridized carbons (Fsp3) is 0.471. The van der Waals surface area contributed by atoms with Gasteiger partial charge in [0.15, 0.2) is 0 Å². The summed E-state index contributed by atoms with van der Waals surface area (Å²) in [6.07, 6.45) is -0.960. The van der Waals surface area contributed by atoms with E-state index in [9.17, 15) is 18.0 Å². The minimum Gasteiger partial charge on any atom is -0.457 e. The van der Waals surface area contributed by atoms with Crippen molar-refractivity contribution in [1.82, 2.24) is 0 Å². The highest BCUT2D eigenvalue weighted by Crippen LogP contribution is 2.31. The molecule has 24 heavy (non-hydrogen) atoms. The maximum absolute atomic E-state index is 12.7. The molecule has 0 atom stereocenters. The molecule has 0 spiro atoms. The Hall–Kier alpha value is -1.09. The molecule has 0 fully saturated rings. The molecule has 0 saturated heterocycles. The highest BCUT2D eigenvalue weighted by atomic mass is 127. The molecule has 0 saturated carbocycles. The average molecular weight is 456 g/mol. The molecule has 0 amide bonds. The predicted octanol–water partition coefficient (Wildman–Crippen LogP) is 5.11. The molecule has 7 heteroatoms. The van der Waals surface area contributed by atoms with E-state index in [-0.39, 0.29) is 6.61 Å². The Kier molecular flexibility index (Phi) is 7.72. The van der Waals surface area contributed by atoms with Gasteiger partial charge >= 0.3 is 12.1 Å². The number of hydrogen-bond donors (Lipinski definition) is 0. The lowest BCUT2D eigenvalue weighted by Crippen LogP contribution is -2.22. The second kappa shape index (κ2) is 8.84. The topological polar surface area (TPSA) is 35.5 Å². The number of alkyl halides is 3. The third-order valence-corrected chi connectivity index (χ3v) is 3.77. The van der Waals surface area contributed by atoms with Gasteiger partial charge in [0.2, 0.25) is 0 Å². The third-order valence-electron chi connectivity index (χ3n) is 2.72. The molecule has 0 unspecified atom stereocenters. The molecule has 3 nitrogen and oxygen atoms in total. The van der Waals surface area contributed by atoms with Crippen LogP contribution < -0.4 is 0 Å². The van der Waals surface area contributed by atoms with Gasteiger partial charge in [-0.25, -0.2) is 4.79 Å². The first-order chi connectivity index (χ1) is 11.0. The molecule has 0 heterocycles. The van der Waals surface area contributed by atoms with Crippen molar-refractivity contribution in [2.45, 2.75) is 45.6 Å². The second-order valence-electron chi connectivity index (χ2n) is 6.08. The molecular formula is C17H20F3IO3. The van der Waals surface area contributed by atoms with E-state index in [0.29, 0.717) is 22.2 Å². The van der Waals surface area contributed by atoms with E-state index in [4.69, 9.17) is 9.47 Å². The summed E-state index contributed by atoms with van der Waals surface area (Å²) in [6, 6.07) is 3.57. The molecule has 0 aliphatic heterocycles. The first-order valence-corrected chi connectivity index (χ1v) is 8.40. The van der Waals surface area contributed by atoms with Gasteiger partial charge in [0, 0.05) is 9.65 Å². The summed E-state index contributed by atoms with van der Waals surface area (Å²) in [5.74, 6) is -0.435. The molecule has 0 N–H and O–H groups in total. The van der Waals surface area contributed by atoms with Gasteiger partial charge < -0.3 is 9.47 Å². The zero-order chi connectivity index (χ0) is 18.4. The normalized spacial score (nSPS) is 12.6. The van der Waals surface area contributed by atoms with E-state index in [0.717, 1.165) is 12.1 Å². The van der Waals surface area contributed by atoms with Crippen LogP contribution in [0.4, 0.5) is 13.2 Å². The lowest BCUT2D eigenvalue weighted by molar-refractivity contribution is -0.148. The van der Waals surface area contributed by atoms with Gasteiger partial charge in [0.05, 0.1) is 18.8 Å². The zero-order valence-corrected chi connectivity index (χ0v) is 15.9. The van der Waals surface area contributed by atoms with Crippen molar-refractivity contribution in [3.8, 4) is 0 Å². The molecule has 1 aromatic rings. The number of rotatable bonds is 6.